The molecule has 2 aromatic rings. The van der Waals surface area contributed by atoms with Crippen molar-refractivity contribution in [3.63, 3.8) is 0 Å². The Hall–Kier alpha value is -3.16. The number of benzene rings is 1. The number of nitrogens with one attached hydrogen (secondary N) is 3. The Kier molecular flexibility index (Phi) is 6.48. The molecule has 138 valence electrons. The van der Waals surface area contributed by atoms with E-state index in [9.17, 15) is 14.4 Å². The molecule has 1 heterocycles. The average Bonchev–Trinajstić information content (AvgIpc) is 2.58. The lowest BCUT2D eigenvalue weighted by molar-refractivity contribution is 0.101. The van der Waals surface area contributed by atoms with E-state index in [1.54, 1.807) is 24.3 Å². The molecule has 0 fully saturated rings. The van der Waals surface area contributed by atoms with Gasteiger partial charge >= 0.3 is 6.03 Å². The van der Waals surface area contributed by atoms with Crippen LogP contribution >= 0.6 is 0 Å². The van der Waals surface area contributed by atoms with Gasteiger partial charge in [-0.1, -0.05) is 19.1 Å². The lowest BCUT2D eigenvalue weighted by atomic mass is 10.2. The number of para-hydroxylation sites is 2. The van der Waals surface area contributed by atoms with Crippen molar-refractivity contribution in [3.8, 4) is 0 Å². The van der Waals surface area contributed by atoms with Gasteiger partial charge in [0.15, 0.2) is 0 Å². The van der Waals surface area contributed by atoms with Gasteiger partial charge in [0.1, 0.15) is 5.69 Å². The van der Waals surface area contributed by atoms with E-state index in [0.29, 0.717) is 17.9 Å². The number of amides is 3. The zero-order valence-corrected chi connectivity index (χ0v) is 15.1. The fourth-order valence-electron chi connectivity index (χ4n) is 2.25. The summed E-state index contributed by atoms with van der Waals surface area (Å²) in [5.74, 6) is -0.464. The molecule has 0 aliphatic carbocycles. The topological polar surface area (TPSA) is 105 Å². The fraction of sp³-hybridized carbons (Fsp3) is 0.333. The molecule has 0 aliphatic heterocycles. The SMILES string of the molecule is CCCn1nc(C(=O)Nc2ccccc2NC(=O)NC(C)C)ccc1=O. The van der Waals surface area contributed by atoms with E-state index >= 15 is 0 Å². The summed E-state index contributed by atoms with van der Waals surface area (Å²) < 4.78 is 1.26. The highest BCUT2D eigenvalue weighted by Crippen LogP contribution is 2.21. The summed E-state index contributed by atoms with van der Waals surface area (Å²) in [6.45, 7) is 6.06. The van der Waals surface area contributed by atoms with Crippen molar-refractivity contribution >= 4 is 23.3 Å². The molecule has 3 N–H and O–H groups in total. The van der Waals surface area contributed by atoms with Crippen molar-refractivity contribution in [3.05, 3.63) is 52.4 Å². The highest BCUT2D eigenvalue weighted by atomic mass is 16.2. The van der Waals surface area contributed by atoms with Crippen LogP contribution in [-0.4, -0.2) is 27.8 Å². The van der Waals surface area contributed by atoms with Gasteiger partial charge in [0.05, 0.1) is 11.4 Å². The van der Waals surface area contributed by atoms with Gasteiger partial charge in [-0.3, -0.25) is 9.59 Å². The second-order valence-electron chi connectivity index (χ2n) is 6.03. The number of aromatic nitrogens is 2. The highest BCUT2D eigenvalue weighted by Gasteiger charge is 2.13. The van der Waals surface area contributed by atoms with E-state index in [1.165, 1.54) is 16.8 Å². The average molecular weight is 357 g/mol. The highest BCUT2D eigenvalue weighted by molar-refractivity contribution is 6.06. The third-order valence-corrected chi connectivity index (χ3v) is 3.38. The van der Waals surface area contributed by atoms with E-state index in [0.717, 1.165) is 6.42 Å². The van der Waals surface area contributed by atoms with Gasteiger partial charge in [0, 0.05) is 18.7 Å². The van der Waals surface area contributed by atoms with E-state index in [4.69, 9.17) is 0 Å². The van der Waals surface area contributed by atoms with Crippen LogP contribution in [-0.2, 0) is 6.54 Å². The summed E-state index contributed by atoms with van der Waals surface area (Å²) in [7, 11) is 0. The summed E-state index contributed by atoms with van der Waals surface area (Å²) >= 11 is 0. The Morgan fingerprint density at radius 3 is 2.35 bits per heavy atom. The smallest absolute Gasteiger partial charge is 0.319 e. The third kappa shape index (κ3) is 5.17. The van der Waals surface area contributed by atoms with Crippen LogP contribution in [0.15, 0.2) is 41.2 Å². The third-order valence-electron chi connectivity index (χ3n) is 3.38. The predicted octanol–water partition coefficient (Wildman–Crippen LogP) is 2.44. The van der Waals surface area contributed by atoms with Gasteiger partial charge in [0.25, 0.3) is 11.5 Å². The fourth-order valence-corrected chi connectivity index (χ4v) is 2.25. The van der Waals surface area contributed by atoms with Crippen LogP contribution < -0.4 is 21.5 Å². The van der Waals surface area contributed by atoms with Gasteiger partial charge in [-0.25, -0.2) is 9.48 Å². The van der Waals surface area contributed by atoms with Gasteiger partial charge in [-0.2, -0.15) is 5.10 Å². The number of carbonyl (C=O) groups is 2. The van der Waals surface area contributed by atoms with Crippen LogP contribution in [0.25, 0.3) is 0 Å². The molecule has 0 saturated heterocycles. The molecule has 3 amide bonds. The molecule has 1 aromatic heterocycles. The molecule has 1 aromatic carbocycles. The molecule has 0 bridgehead atoms. The summed E-state index contributed by atoms with van der Waals surface area (Å²) in [5, 5.41) is 12.2. The Morgan fingerprint density at radius 2 is 1.73 bits per heavy atom. The zero-order chi connectivity index (χ0) is 19.1. The molecule has 0 spiro atoms. The summed E-state index contributed by atoms with van der Waals surface area (Å²) in [6, 6.07) is 9.17. The molecule has 0 atom stereocenters. The summed E-state index contributed by atoms with van der Waals surface area (Å²) in [4.78, 5) is 36.1. The molecule has 8 nitrogen and oxygen atoms in total. The van der Waals surface area contributed by atoms with E-state index in [-0.39, 0.29) is 23.3 Å². The van der Waals surface area contributed by atoms with Crippen molar-refractivity contribution in [1.82, 2.24) is 15.1 Å². The predicted molar refractivity (Wildman–Crippen MR) is 100 cm³/mol. The number of hydrogen-bond donors (Lipinski definition) is 3. The molecule has 0 saturated carbocycles. The van der Waals surface area contributed by atoms with E-state index in [2.05, 4.69) is 21.0 Å². The van der Waals surface area contributed by atoms with Crippen molar-refractivity contribution in [2.24, 2.45) is 0 Å². The first-order valence-electron chi connectivity index (χ1n) is 8.46. The number of aryl methyl sites for hydroxylation is 1. The summed E-state index contributed by atoms with van der Waals surface area (Å²) in [5.41, 5.74) is 0.766. The van der Waals surface area contributed by atoms with Crippen LogP contribution in [0.5, 0.6) is 0 Å². The second-order valence-corrected chi connectivity index (χ2v) is 6.03. The monoisotopic (exact) mass is 357 g/mol. The minimum atomic E-state index is -0.464. The van der Waals surface area contributed by atoms with Crippen LogP contribution in [0.3, 0.4) is 0 Å². The van der Waals surface area contributed by atoms with Gasteiger partial charge < -0.3 is 16.0 Å². The first kappa shape index (κ1) is 19.2. The number of urea groups is 1. The maximum atomic E-state index is 12.5. The van der Waals surface area contributed by atoms with E-state index < -0.39 is 5.91 Å². The standard InChI is InChI=1S/C18H23N5O3/c1-4-11-23-16(24)10-9-15(22-23)17(25)20-13-7-5-6-8-14(13)21-18(26)19-12(2)3/h5-10,12H,4,11H2,1-3H3,(H,20,25)(H2,19,21,26). The van der Waals surface area contributed by atoms with Crippen LogP contribution in [0.2, 0.25) is 0 Å². The lowest BCUT2D eigenvalue weighted by Gasteiger charge is -2.14. The minimum Gasteiger partial charge on any atom is -0.336 e. The minimum absolute atomic E-state index is 0.0134. The molecular formula is C18H23N5O3. The van der Waals surface area contributed by atoms with Crippen molar-refractivity contribution in [1.29, 1.82) is 0 Å². The normalized spacial score (nSPS) is 10.5. The maximum Gasteiger partial charge on any atom is 0.319 e. The Balaban J connectivity index is 2.18. The molecule has 26 heavy (non-hydrogen) atoms. The first-order chi connectivity index (χ1) is 12.4. The van der Waals surface area contributed by atoms with Crippen molar-refractivity contribution in [2.45, 2.75) is 39.8 Å². The number of anilines is 2. The number of hydrogen-bond acceptors (Lipinski definition) is 4. The quantitative estimate of drug-likeness (QED) is 0.738. The van der Waals surface area contributed by atoms with E-state index in [1.807, 2.05) is 20.8 Å². The van der Waals surface area contributed by atoms with Crippen molar-refractivity contribution < 1.29 is 9.59 Å². The van der Waals surface area contributed by atoms with Gasteiger partial charge in [-0.05, 0) is 38.5 Å². The van der Waals surface area contributed by atoms with Crippen LogP contribution in [0.1, 0.15) is 37.7 Å². The Bertz CT molecular complexity index is 845. The number of carbonyl (C=O) groups excluding carboxylic acids is 2. The number of rotatable bonds is 6. The molecular weight excluding hydrogens is 334 g/mol. The molecule has 0 aliphatic rings. The maximum absolute atomic E-state index is 12.5. The Labute approximate surface area is 151 Å². The molecule has 8 heteroatoms. The largest absolute Gasteiger partial charge is 0.336 e. The Morgan fingerprint density at radius 1 is 1.08 bits per heavy atom. The van der Waals surface area contributed by atoms with Crippen LogP contribution in [0, 0.1) is 0 Å². The molecule has 0 radical (unpaired) electrons. The second kappa shape index (κ2) is 8.80. The summed E-state index contributed by atoms with van der Waals surface area (Å²) in [6.07, 6.45) is 0.732. The molecule has 2 rings (SSSR count). The lowest BCUT2D eigenvalue weighted by Crippen LogP contribution is -2.34. The number of nitrogens with zero attached hydrogens (tertiary/aromatic N) is 2. The first-order valence-corrected chi connectivity index (χ1v) is 8.46. The van der Waals surface area contributed by atoms with Gasteiger partial charge in [-0.15, -0.1) is 0 Å². The molecule has 0 unspecified atom stereocenters. The van der Waals surface area contributed by atoms with Gasteiger partial charge in [0.2, 0.25) is 0 Å². The zero-order valence-electron chi connectivity index (χ0n) is 15.1. The van der Waals surface area contributed by atoms with Crippen molar-refractivity contribution in [2.75, 3.05) is 10.6 Å². The van der Waals surface area contributed by atoms with Crippen LogP contribution in [0.4, 0.5) is 16.2 Å².